The maximum atomic E-state index is 13.0. The highest BCUT2D eigenvalue weighted by Crippen LogP contribution is 2.25. The third kappa shape index (κ3) is 2.57. The Kier molecular flexibility index (Phi) is 3.11. The lowest BCUT2D eigenvalue weighted by molar-refractivity contribution is -0.0733. The summed E-state index contributed by atoms with van der Waals surface area (Å²) < 4.78 is 30.4. The standard InChI is InChI=1S/C7H7ClF2N2O/c1-13-4-7(9,10)5-2-12-6(8)3-11-5/h2-3H,4H2,1H3. The van der Waals surface area contributed by atoms with Crippen molar-refractivity contribution in [2.45, 2.75) is 5.92 Å². The van der Waals surface area contributed by atoms with Crippen molar-refractivity contribution >= 4 is 11.6 Å². The number of hydrogen-bond donors (Lipinski definition) is 0. The molecule has 0 saturated heterocycles. The van der Waals surface area contributed by atoms with Gasteiger partial charge < -0.3 is 4.74 Å². The fourth-order valence-corrected chi connectivity index (χ4v) is 0.854. The van der Waals surface area contributed by atoms with E-state index in [-0.39, 0.29) is 5.15 Å². The Bertz CT molecular complexity index is 278. The van der Waals surface area contributed by atoms with Gasteiger partial charge in [-0.1, -0.05) is 11.6 Å². The van der Waals surface area contributed by atoms with E-state index in [0.29, 0.717) is 0 Å². The Morgan fingerprint density at radius 3 is 2.62 bits per heavy atom. The van der Waals surface area contributed by atoms with Gasteiger partial charge in [-0.15, -0.1) is 0 Å². The number of aromatic nitrogens is 2. The van der Waals surface area contributed by atoms with E-state index < -0.39 is 18.2 Å². The van der Waals surface area contributed by atoms with Crippen molar-refractivity contribution in [2.75, 3.05) is 13.7 Å². The van der Waals surface area contributed by atoms with Crippen molar-refractivity contribution in [1.82, 2.24) is 9.97 Å². The summed E-state index contributed by atoms with van der Waals surface area (Å²) in [5, 5.41) is 0.0805. The van der Waals surface area contributed by atoms with E-state index in [1.165, 1.54) is 7.11 Å². The summed E-state index contributed by atoms with van der Waals surface area (Å²) in [6, 6.07) is 0. The molecule has 1 aromatic heterocycles. The van der Waals surface area contributed by atoms with Crippen LogP contribution in [0.25, 0.3) is 0 Å². The number of ether oxygens (including phenoxy) is 1. The molecule has 0 N–H and O–H groups in total. The van der Waals surface area contributed by atoms with Gasteiger partial charge in [0, 0.05) is 7.11 Å². The van der Waals surface area contributed by atoms with Gasteiger partial charge in [0.05, 0.1) is 12.4 Å². The van der Waals surface area contributed by atoms with Crippen LogP contribution in [-0.2, 0) is 10.7 Å². The minimum atomic E-state index is -3.12. The van der Waals surface area contributed by atoms with Gasteiger partial charge in [0.25, 0.3) is 0 Å². The second-order valence-electron chi connectivity index (χ2n) is 2.36. The third-order valence-corrected chi connectivity index (χ3v) is 1.52. The summed E-state index contributed by atoms with van der Waals surface area (Å²) in [6.07, 6.45) is 2.00. The number of rotatable bonds is 3. The largest absolute Gasteiger partial charge is 0.378 e. The Morgan fingerprint density at radius 1 is 1.46 bits per heavy atom. The zero-order valence-electron chi connectivity index (χ0n) is 6.80. The van der Waals surface area contributed by atoms with Crippen molar-refractivity contribution in [3.8, 4) is 0 Å². The van der Waals surface area contributed by atoms with E-state index in [0.717, 1.165) is 12.4 Å². The molecular weight excluding hydrogens is 202 g/mol. The van der Waals surface area contributed by atoms with Gasteiger partial charge in [-0.25, -0.2) is 4.98 Å². The second-order valence-corrected chi connectivity index (χ2v) is 2.75. The first-order chi connectivity index (χ1) is 6.06. The fraction of sp³-hybridized carbons (Fsp3) is 0.429. The van der Waals surface area contributed by atoms with Crippen LogP contribution in [0.5, 0.6) is 0 Å². The predicted octanol–water partition coefficient (Wildman–Crippen LogP) is 1.87. The molecule has 0 unspecified atom stereocenters. The lowest BCUT2D eigenvalue weighted by Gasteiger charge is -2.13. The topological polar surface area (TPSA) is 35.0 Å². The molecule has 1 rings (SSSR count). The van der Waals surface area contributed by atoms with Crippen LogP contribution in [0.15, 0.2) is 12.4 Å². The van der Waals surface area contributed by atoms with Gasteiger partial charge in [-0.3, -0.25) is 4.98 Å². The average Bonchev–Trinajstić information content (AvgIpc) is 2.05. The highest BCUT2D eigenvalue weighted by molar-refractivity contribution is 6.29. The van der Waals surface area contributed by atoms with Crippen LogP contribution in [0.4, 0.5) is 8.78 Å². The monoisotopic (exact) mass is 208 g/mol. The van der Waals surface area contributed by atoms with E-state index >= 15 is 0 Å². The first kappa shape index (κ1) is 10.3. The van der Waals surface area contributed by atoms with Gasteiger partial charge >= 0.3 is 5.92 Å². The summed E-state index contributed by atoms with van der Waals surface area (Å²) in [4.78, 5) is 6.94. The van der Waals surface area contributed by atoms with Crippen molar-refractivity contribution in [3.05, 3.63) is 23.2 Å². The van der Waals surface area contributed by atoms with E-state index in [9.17, 15) is 8.78 Å². The first-order valence-corrected chi connectivity index (χ1v) is 3.79. The molecular formula is C7H7ClF2N2O. The zero-order chi connectivity index (χ0) is 9.90. The van der Waals surface area contributed by atoms with Crippen molar-refractivity contribution in [1.29, 1.82) is 0 Å². The molecule has 0 fully saturated rings. The van der Waals surface area contributed by atoms with E-state index in [1.54, 1.807) is 0 Å². The molecule has 72 valence electrons. The van der Waals surface area contributed by atoms with Gasteiger partial charge in [0.1, 0.15) is 17.5 Å². The Morgan fingerprint density at radius 2 is 2.15 bits per heavy atom. The predicted molar refractivity (Wildman–Crippen MR) is 42.8 cm³/mol. The van der Waals surface area contributed by atoms with Crippen molar-refractivity contribution < 1.29 is 13.5 Å². The molecule has 0 aliphatic carbocycles. The van der Waals surface area contributed by atoms with Gasteiger partial charge in [-0.2, -0.15) is 8.78 Å². The van der Waals surface area contributed by atoms with Crippen LogP contribution in [0.2, 0.25) is 5.15 Å². The molecule has 0 aliphatic rings. The number of nitrogens with zero attached hydrogens (tertiary/aromatic N) is 2. The van der Waals surface area contributed by atoms with E-state index in [4.69, 9.17) is 11.6 Å². The number of hydrogen-bond acceptors (Lipinski definition) is 3. The number of alkyl halides is 2. The molecule has 0 bridgehead atoms. The normalized spacial score (nSPS) is 11.7. The Hall–Kier alpha value is -0.810. The van der Waals surface area contributed by atoms with Crippen LogP contribution in [-0.4, -0.2) is 23.7 Å². The van der Waals surface area contributed by atoms with Crippen molar-refractivity contribution in [3.63, 3.8) is 0 Å². The molecule has 0 spiro atoms. The number of halogens is 3. The highest BCUT2D eigenvalue weighted by Gasteiger charge is 2.33. The highest BCUT2D eigenvalue weighted by atomic mass is 35.5. The summed E-state index contributed by atoms with van der Waals surface area (Å²) in [6.45, 7) is -0.719. The molecule has 6 heteroatoms. The maximum absolute atomic E-state index is 13.0. The summed E-state index contributed by atoms with van der Waals surface area (Å²) >= 11 is 5.39. The fourth-order valence-electron chi connectivity index (χ4n) is 0.756. The smallest absolute Gasteiger partial charge is 0.313 e. The summed E-state index contributed by atoms with van der Waals surface area (Å²) in [5.41, 5.74) is -0.446. The minimum absolute atomic E-state index is 0.0805. The second kappa shape index (κ2) is 3.93. The summed E-state index contributed by atoms with van der Waals surface area (Å²) in [7, 11) is 1.19. The quantitative estimate of drug-likeness (QED) is 0.761. The molecule has 0 atom stereocenters. The average molecular weight is 209 g/mol. The number of methoxy groups -OCH3 is 1. The SMILES string of the molecule is COCC(F)(F)c1cnc(Cl)cn1. The third-order valence-electron chi connectivity index (χ3n) is 1.32. The van der Waals surface area contributed by atoms with Crippen molar-refractivity contribution in [2.24, 2.45) is 0 Å². The van der Waals surface area contributed by atoms with Crippen LogP contribution in [0.3, 0.4) is 0 Å². The molecule has 0 aromatic carbocycles. The van der Waals surface area contributed by atoms with Crippen LogP contribution < -0.4 is 0 Å². The van der Waals surface area contributed by atoms with E-state index in [2.05, 4.69) is 14.7 Å². The molecule has 0 aliphatic heterocycles. The lowest BCUT2D eigenvalue weighted by Crippen LogP contribution is -2.21. The van der Waals surface area contributed by atoms with Crippen LogP contribution in [0, 0.1) is 0 Å². The van der Waals surface area contributed by atoms with Gasteiger partial charge in [0.2, 0.25) is 0 Å². The molecule has 0 amide bonds. The molecule has 3 nitrogen and oxygen atoms in total. The molecule has 0 saturated carbocycles. The van der Waals surface area contributed by atoms with Crippen LogP contribution >= 0.6 is 11.6 Å². The Labute approximate surface area is 78.7 Å². The van der Waals surface area contributed by atoms with Crippen LogP contribution in [0.1, 0.15) is 5.69 Å². The molecule has 13 heavy (non-hydrogen) atoms. The molecule has 1 aromatic rings. The lowest BCUT2D eigenvalue weighted by atomic mass is 10.2. The molecule has 0 radical (unpaired) electrons. The Balaban J connectivity index is 2.87. The molecule has 1 heterocycles. The van der Waals surface area contributed by atoms with Gasteiger partial charge in [-0.05, 0) is 0 Å². The maximum Gasteiger partial charge on any atom is 0.313 e. The summed E-state index contributed by atoms with van der Waals surface area (Å²) in [5.74, 6) is -3.12. The first-order valence-electron chi connectivity index (χ1n) is 3.41. The minimum Gasteiger partial charge on any atom is -0.378 e. The zero-order valence-corrected chi connectivity index (χ0v) is 7.55. The van der Waals surface area contributed by atoms with E-state index in [1.807, 2.05) is 0 Å². The van der Waals surface area contributed by atoms with Gasteiger partial charge in [0.15, 0.2) is 0 Å².